The first-order valence-electron chi connectivity index (χ1n) is 5.57. The largest absolute Gasteiger partial charge is 0.497 e. The van der Waals surface area contributed by atoms with Gasteiger partial charge in [-0.1, -0.05) is 6.07 Å². The first-order chi connectivity index (χ1) is 9.02. The van der Waals surface area contributed by atoms with Gasteiger partial charge in [-0.05, 0) is 6.07 Å². The van der Waals surface area contributed by atoms with Crippen LogP contribution in [0.2, 0.25) is 0 Å². The molecule has 1 aromatic rings. The monoisotopic (exact) mass is 275 g/mol. The predicted octanol–water partition coefficient (Wildman–Crippen LogP) is 1.86. The number of halogens is 2. The molecule has 0 radical (unpaired) electrons. The summed E-state index contributed by atoms with van der Waals surface area (Å²) >= 11 is 0. The van der Waals surface area contributed by atoms with E-state index in [1.54, 1.807) is 12.1 Å². The number of rotatable bonds is 8. The van der Waals surface area contributed by atoms with Crippen LogP contribution in [-0.4, -0.2) is 31.3 Å². The van der Waals surface area contributed by atoms with Crippen LogP contribution in [-0.2, 0) is 11.3 Å². The van der Waals surface area contributed by atoms with Gasteiger partial charge in [-0.15, -0.1) is 0 Å². The number of hydrogen-bond donors (Lipinski definition) is 2. The number of aliphatic carboxylic acids is 1. The van der Waals surface area contributed by atoms with Crippen LogP contribution in [0.1, 0.15) is 12.0 Å². The van der Waals surface area contributed by atoms with Gasteiger partial charge in [0, 0.05) is 24.7 Å². The minimum Gasteiger partial charge on any atom is -0.497 e. The van der Waals surface area contributed by atoms with Gasteiger partial charge >= 0.3 is 12.6 Å². The van der Waals surface area contributed by atoms with Crippen molar-refractivity contribution in [2.45, 2.75) is 19.6 Å². The summed E-state index contributed by atoms with van der Waals surface area (Å²) in [5.74, 6) is -0.506. The van der Waals surface area contributed by atoms with E-state index < -0.39 is 12.6 Å². The van der Waals surface area contributed by atoms with Gasteiger partial charge in [0.2, 0.25) is 0 Å². The van der Waals surface area contributed by atoms with E-state index in [0.717, 1.165) is 0 Å². The van der Waals surface area contributed by atoms with Gasteiger partial charge in [-0.25, -0.2) is 0 Å². The third-order valence-corrected chi connectivity index (χ3v) is 2.32. The summed E-state index contributed by atoms with van der Waals surface area (Å²) in [5, 5.41) is 11.3. The quantitative estimate of drug-likeness (QED) is 0.709. The van der Waals surface area contributed by atoms with Crippen molar-refractivity contribution in [3.05, 3.63) is 23.8 Å². The Morgan fingerprint density at radius 3 is 2.79 bits per heavy atom. The zero-order valence-electron chi connectivity index (χ0n) is 10.4. The lowest BCUT2D eigenvalue weighted by Crippen LogP contribution is -2.18. The number of hydrogen-bond acceptors (Lipinski definition) is 4. The van der Waals surface area contributed by atoms with Crippen LogP contribution in [0, 0.1) is 0 Å². The molecule has 2 N–H and O–H groups in total. The maximum atomic E-state index is 12.3. The number of alkyl halides is 2. The van der Waals surface area contributed by atoms with Crippen molar-refractivity contribution in [2.24, 2.45) is 0 Å². The fourth-order valence-electron chi connectivity index (χ4n) is 1.43. The van der Waals surface area contributed by atoms with Crippen molar-refractivity contribution in [2.75, 3.05) is 13.7 Å². The molecule has 0 amide bonds. The van der Waals surface area contributed by atoms with Crippen LogP contribution >= 0.6 is 0 Å². The predicted molar refractivity (Wildman–Crippen MR) is 63.6 cm³/mol. The molecule has 0 bridgehead atoms. The second-order valence-corrected chi connectivity index (χ2v) is 3.67. The maximum Gasteiger partial charge on any atom is 0.387 e. The average Bonchev–Trinajstić information content (AvgIpc) is 2.35. The fraction of sp³-hybridized carbons (Fsp3) is 0.417. The second-order valence-electron chi connectivity index (χ2n) is 3.67. The Labute approximate surface area is 109 Å². The topological polar surface area (TPSA) is 67.8 Å². The first-order valence-corrected chi connectivity index (χ1v) is 5.57. The van der Waals surface area contributed by atoms with E-state index >= 15 is 0 Å². The Morgan fingerprint density at radius 1 is 1.47 bits per heavy atom. The zero-order valence-corrected chi connectivity index (χ0v) is 10.4. The van der Waals surface area contributed by atoms with Gasteiger partial charge in [0.15, 0.2) is 0 Å². The SMILES string of the molecule is COc1ccc(CNCCC(=O)O)c(OC(F)F)c1. The standard InChI is InChI=1S/C12H15F2NO4/c1-18-9-3-2-8(7-15-5-4-11(16)17)10(6-9)19-12(13)14/h2-3,6,12,15H,4-5,7H2,1H3,(H,16,17). The van der Waals surface area contributed by atoms with Crippen LogP contribution in [0.15, 0.2) is 18.2 Å². The highest BCUT2D eigenvalue weighted by Crippen LogP contribution is 2.26. The summed E-state index contributed by atoms with van der Waals surface area (Å²) in [4.78, 5) is 10.3. The lowest BCUT2D eigenvalue weighted by molar-refractivity contribution is -0.136. The molecular weight excluding hydrogens is 260 g/mol. The smallest absolute Gasteiger partial charge is 0.387 e. The molecule has 5 nitrogen and oxygen atoms in total. The van der Waals surface area contributed by atoms with E-state index in [1.165, 1.54) is 13.2 Å². The average molecular weight is 275 g/mol. The third-order valence-electron chi connectivity index (χ3n) is 2.32. The molecule has 0 unspecified atom stereocenters. The summed E-state index contributed by atoms with van der Waals surface area (Å²) in [5.41, 5.74) is 0.506. The van der Waals surface area contributed by atoms with Gasteiger partial charge in [0.25, 0.3) is 0 Å². The lowest BCUT2D eigenvalue weighted by Gasteiger charge is -2.12. The minimum absolute atomic E-state index is 0.0113. The number of benzene rings is 1. The number of carboxylic acid groups (broad SMARTS) is 1. The molecule has 0 aliphatic carbocycles. The summed E-state index contributed by atoms with van der Waals surface area (Å²) < 4.78 is 33.9. The van der Waals surface area contributed by atoms with Crippen LogP contribution in [0.5, 0.6) is 11.5 Å². The van der Waals surface area contributed by atoms with E-state index in [1.807, 2.05) is 0 Å². The molecule has 1 aromatic carbocycles. The van der Waals surface area contributed by atoms with Crippen molar-refractivity contribution >= 4 is 5.97 Å². The molecule has 0 saturated heterocycles. The van der Waals surface area contributed by atoms with Gasteiger partial charge in [0.05, 0.1) is 13.5 Å². The molecule has 106 valence electrons. The Bertz CT molecular complexity index is 426. The zero-order chi connectivity index (χ0) is 14.3. The van der Waals surface area contributed by atoms with Crippen molar-refractivity contribution in [3.63, 3.8) is 0 Å². The highest BCUT2D eigenvalue weighted by molar-refractivity contribution is 5.66. The molecule has 0 fully saturated rings. The second kappa shape index (κ2) is 7.52. The van der Waals surface area contributed by atoms with Gasteiger partial charge < -0.3 is 19.9 Å². The molecule has 0 heterocycles. The molecule has 0 atom stereocenters. The highest BCUT2D eigenvalue weighted by atomic mass is 19.3. The van der Waals surface area contributed by atoms with Crippen molar-refractivity contribution < 1.29 is 28.2 Å². The summed E-state index contributed by atoms with van der Waals surface area (Å²) in [6.45, 7) is -2.45. The Kier molecular flexibility index (Phi) is 6.01. The normalized spacial score (nSPS) is 10.5. The van der Waals surface area contributed by atoms with Crippen LogP contribution in [0.25, 0.3) is 0 Å². The Hall–Kier alpha value is -1.89. The number of carbonyl (C=O) groups is 1. The Morgan fingerprint density at radius 2 is 2.21 bits per heavy atom. The first kappa shape index (κ1) is 15.2. The number of methoxy groups -OCH3 is 1. The highest BCUT2D eigenvalue weighted by Gasteiger charge is 2.11. The van der Waals surface area contributed by atoms with Crippen LogP contribution in [0.3, 0.4) is 0 Å². The van der Waals surface area contributed by atoms with E-state index in [2.05, 4.69) is 10.1 Å². The van der Waals surface area contributed by atoms with E-state index in [-0.39, 0.29) is 25.3 Å². The molecular formula is C12H15F2NO4. The summed E-state index contributed by atoms with van der Waals surface area (Å²) in [6.07, 6.45) is -0.0405. The molecule has 7 heteroatoms. The van der Waals surface area contributed by atoms with Crippen molar-refractivity contribution in [1.29, 1.82) is 0 Å². The number of nitrogens with one attached hydrogen (secondary N) is 1. The third kappa shape index (κ3) is 5.52. The van der Waals surface area contributed by atoms with Crippen molar-refractivity contribution in [1.82, 2.24) is 5.32 Å². The van der Waals surface area contributed by atoms with Crippen LogP contribution in [0.4, 0.5) is 8.78 Å². The molecule has 1 rings (SSSR count). The van der Waals surface area contributed by atoms with Crippen LogP contribution < -0.4 is 14.8 Å². The fourth-order valence-corrected chi connectivity index (χ4v) is 1.43. The van der Waals surface area contributed by atoms with E-state index in [0.29, 0.717) is 11.3 Å². The summed E-state index contributed by atoms with van der Waals surface area (Å²) in [7, 11) is 1.42. The minimum atomic E-state index is -2.93. The summed E-state index contributed by atoms with van der Waals surface area (Å²) in [6, 6.07) is 4.57. The number of carboxylic acids is 1. The van der Waals surface area contributed by atoms with Gasteiger partial charge in [-0.2, -0.15) is 8.78 Å². The molecule has 0 aliphatic rings. The van der Waals surface area contributed by atoms with Gasteiger partial charge in [0.1, 0.15) is 11.5 Å². The molecule has 0 aliphatic heterocycles. The van der Waals surface area contributed by atoms with Crippen molar-refractivity contribution in [3.8, 4) is 11.5 Å². The molecule has 19 heavy (non-hydrogen) atoms. The van der Waals surface area contributed by atoms with E-state index in [4.69, 9.17) is 9.84 Å². The van der Waals surface area contributed by atoms with Gasteiger partial charge in [-0.3, -0.25) is 4.79 Å². The molecule has 0 saturated carbocycles. The maximum absolute atomic E-state index is 12.3. The van der Waals surface area contributed by atoms with E-state index in [9.17, 15) is 13.6 Å². The Balaban J connectivity index is 2.66. The molecule has 0 aromatic heterocycles. The number of ether oxygens (including phenoxy) is 2. The molecule has 0 spiro atoms. The lowest BCUT2D eigenvalue weighted by atomic mass is 10.2.